The number of hydrogen-bond acceptors (Lipinski definition) is 8. The number of aromatic amines is 1. The van der Waals surface area contributed by atoms with Gasteiger partial charge in [0.05, 0.1) is 29.9 Å². The van der Waals surface area contributed by atoms with Crippen LogP contribution in [-0.2, 0) is 43.9 Å². The van der Waals surface area contributed by atoms with E-state index in [0.29, 0.717) is 74.2 Å². The van der Waals surface area contributed by atoms with Crippen LogP contribution in [0.3, 0.4) is 0 Å². The minimum atomic E-state index is -0.809. The first-order valence-corrected chi connectivity index (χ1v) is 22.4. The fraction of sp³-hybridized carbons (Fsp3) is 0.412. The summed E-state index contributed by atoms with van der Waals surface area (Å²) in [6.07, 6.45) is 5.11. The van der Waals surface area contributed by atoms with E-state index in [2.05, 4.69) is 9.88 Å². The van der Waals surface area contributed by atoms with Crippen molar-refractivity contribution >= 4 is 28.7 Å². The number of ether oxygens (including phenoxy) is 1. The number of hydrogen-bond donors (Lipinski definition) is 3. The van der Waals surface area contributed by atoms with Gasteiger partial charge < -0.3 is 29.7 Å². The second kappa shape index (κ2) is 19.7. The number of phenols is 1. The highest BCUT2D eigenvalue weighted by atomic mass is 19.1. The number of piperidine rings is 4. The molecule has 0 spiro atoms. The molecule has 5 aromatic rings. The average molecular weight is 857 g/mol. The van der Waals surface area contributed by atoms with Crippen LogP contribution in [0.15, 0.2) is 108 Å². The minimum absolute atomic E-state index is 0.00667. The van der Waals surface area contributed by atoms with E-state index in [1.54, 1.807) is 29.2 Å². The highest BCUT2D eigenvalue weighted by Crippen LogP contribution is 2.39. The van der Waals surface area contributed by atoms with E-state index in [1.165, 1.54) is 24.3 Å². The number of nitrogens with zero attached hydrogens (tertiary/aromatic N) is 3. The number of aromatic nitrogens is 1. The lowest BCUT2D eigenvalue weighted by Gasteiger charge is -2.46. The Bertz CT molecular complexity index is 2440. The molecule has 0 radical (unpaired) electrons. The number of aliphatic hydroxyl groups is 1. The van der Waals surface area contributed by atoms with Crippen molar-refractivity contribution in [2.24, 2.45) is 5.92 Å². The number of benzene rings is 4. The van der Waals surface area contributed by atoms with E-state index < -0.39 is 11.5 Å². The molecular formula is C51H57FN4O7. The fourth-order valence-electron chi connectivity index (χ4n) is 9.82. The van der Waals surface area contributed by atoms with Gasteiger partial charge in [-0.25, -0.2) is 4.39 Å². The van der Waals surface area contributed by atoms with Gasteiger partial charge in [0.15, 0.2) is 0 Å². The molecule has 4 aromatic carbocycles. The maximum absolute atomic E-state index is 14.2. The van der Waals surface area contributed by atoms with Gasteiger partial charge in [-0.3, -0.25) is 24.1 Å². The van der Waals surface area contributed by atoms with Crippen molar-refractivity contribution in [3.8, 4) is 5.75 Å². The number of carbonyl (C=O) groups is 3. The first-order valence-electron chi connectivity index (χ1n) is 22.4. The summed E-state index contributed by atoms with van der Waals surface area (Å²) in [7, 11) is 0. The zero-order valence-electron chi connectivity index (χ0n) is 35.7. The number of H-pyrrole nitrogens is 1. The number of halogens is 1. The van der Waals surface area contributed by atoms with Gasteiger partial charge in [-0.1, -0.05) is 85.6 Å². The third kappa shape index (κ3) is 10.3. The summed E-state index contributed by atoms with van der Waals surface area (Å²) in [6, 6.07) is 29.8. The van der Waals surface area contributed by atoms with E-state index in [9.17, 15) is 33.8 Å². The lowest BCUT2D eigenvalue weighted by molar-refractivity contribution is -0.168. The number of rotatable bonds is 16. The summed E-state index contributed by atoms with van der Waals surface area (Å²) in [5.74, 6) is -0.295. The van der Waals surface area contributed by atoms with Crippen LogP contribution in [0.4, 0.5) is 4.39 Å². The van der Waals surface area contributed by atoms with Crippen molar-refractivity contribution < 1.29 is 33.7 Å². The summed E-state index contributed by atoms with van der Waals surface area (Å²) in [5.41, 5.74) is 3.05. The Hall–Kier alpha value is -5.85. The second-order valence-electron chi connectivity index (χ2n) is 17.7. The van der Waals surface area contributed by atoms with Crippen LogP contribution in [0, 0.1) is 11.7 Å². The van der Waals surface area contributed by atoms with Gasteiger partial charge in [0.25, 0.3) is 0 Å². The SMILES string of the molecule is O=C(Cc1ccc(CC(=O)N(CCCCC[C@H](O)c2ccc(O)c3[nH]c(=O)ccc23)Cc2cccc(F)c2)cc1)N1CCC(C(=O)O[C@H]2CN3CCC2CC3)(c2ccccc2)CC1. The van der Waals surface area contributed by atoms with Crippen molar-refractivity contribution in [2.75, 3.05) is 39.3 Å². The van der Waals surface area contributed by atoms with Crippen molar-refractivity contribution in [3.05, 3.63) is 147 Å². The number of phenolic OH excluding ortho intramolecular Hbond substituents is 1. The van der Waals surface area contributed by atoms with Gasteiger partial charge in [-0.05, 0) is 110 Å². The number of pyridine rings is 1. The Morgan fingerprint density at radius 2 is 1.56 bits per heavy atom. The summed E-state index contributed by atoms with van der Waals surface area (Å²) in [6.45, 7) is 4.55. The molecule has 11 nitrogen and oxygen atoms in total. The Kier molecular flexibility index (Phi) is 13.7. The van der Waals surface area contributed by atoms with Gasteiger partial charge in [-0.15, -0.1) is 0 Å². The van der Waals surface area contributed by atoms with Crippen LogP contribution in [-0.4, -0.2) is 93.1 Å². The normalized spacial score (nSPS) is 19.7. The Morgan fingerprint density at radius 3 is 2.25 bits per heavy atom. The monoisotopic (exact) mass is 856 g/mol. The number of carbonyl (C=O) groups excluding carboxylic acids is 3. The molecule has 2 atom stereocenters. The number of aliphatic hydroxyl groups excluding tert-OH is 1. The summed E-state index contributed by atoms with van der Waals surface area (Å²) >= 11 is 0. The zero-order valence-corrected chi connectivity index (χ0v) is 35.7. The van der Waals surface area contributed by atoms with E-state index in [1.807, 2.05) is 59.5 Å². The van der Waals surface area contributed by atoms with Crippen LogP contribution >= 0.6 is 0 Å². The van der Waals surface area contributed by atoms with Crippen LogP contribution in [0.5, 0.6) is 5.75 Å². The lowest BCUT2D eigenvalue weighted by Crippen LogP contribution is -2.55. The topological polar surface area (TPSA) is 143 Å². The number of likely N-dealkylation sites (tertiary alicyclic amines) is 1. The highest BCUT2D eigenvalue weighted by Gasteiger charge is 2.47. The number of aromatic hydroxyl groups is 1. The molecule has 330 valence electrons. The van der Waals surface area contributed by atoms with Crippen LogP contribution in [0.2, 0.25) is 0 Å². The largest absolute Gasteiger partial charge is 0.506 e. The molecule has 4 aliphatic heterocycles. The molecule has 63 heavy (non-hydrogen) atoms. The Balaban J connectivity index is 0.843. The molecule has 0 unspecified atom stereocenters. The number of fused-ring (bicyclic) bond motifs is 4. The van der Waals surface area contributed by atoms with Gasteiger partial charge in [0, 0.05) is 44.2 Å². The van der Waals surface area contributed by atoms with Gasteiger partial charge in [-0.2, -0.15) is 0 Å². The molecule has 4 saturated heterocycles. The molecule has 12 heteroatoms. The van der Waals surface area contributed by atoms with Crippen LogP contribution < -0.4 is 5.56 Å². The standard InChI is InChI=1S/C51H57FN4O7/c52-40-11-7-8-37(30-40)33-56(25-6-2-5-12-43(57)41-17-19-44(58)49-42(41)18-20-46(59)53-49)48(61)32-36-15-13-35(14-16-36)31-47(60)55-28-23-51(24-29-55,39-9-3-1-4-10-39)50(62)63-45-34-54-26-21-38(45)22-27-54/h1,3-4,7-11,13-20,30,38,43,45,57-58H,2,5-6,12,21-29,31-34H2,(H,53,59)/t43-,45-/m0/s1. The molecular weight excluding hydrogens is 800 g/mol. The number of amides is 2. The number of unbranched alkanes of at least 4 members (excludes halogenated alkanes) is 2. The van der Waals surface area contributed by atoms with E-state index in [4.69, 9.17) is 4.74 Å². The van der Waals surface area contributed by atoms with Crippen molar-refractivity contribution in [3.63, 3.8) is 0 Å². The first-order chi connectivity index (χ1) is 30.5. The zero-order chi connectivity index (χ0) is 43.9. The van der Waals surface area contributed by atoms with Gasteiger partial charge in [0.2, 0.25) is 17.4 Å². The second-order valence-corrected chi connectivity index (χ2v) is 17.7. The number of esters is 1. The molecule has 9 rings (SSSR count). The van der Waals surface area contributed by atoms with Crippen molar-refractivity contribution in [1.82, 2.24) is 19.7 Å². The molecule has 0 aliphatic carbocycles. The fourth-order valence-corrected chi connectivity index (χ4v) is 9.82. The molecule has 0 saturated carbocycles. The lowest BCUT2D eigenvalue weighted by atomic mass is 9.72. The third-order valence-corrected chi connectivity index (χ3v) is 13.6. The minimum Gasteiger partial charge on any atom is -0.506 e. The molecule has 4 fully saturated rings. The quantitative estimate of drug-likeness (QED) is 0.0713. The van der Waals surface area contributed by atoms with Gasteiger partial charge in [0.1, 0.15) is 17.7 Å². The Labute approximate surface area is 367 Å². The molecule has 3 N–H and O–H groups in total. The predicted molar refractivity (Wildman–Crippen MR) is 238 cm³/mol. The smallest absolute Gasteiger partial charge is 0.317 e. The van der Waals surface area contributed by atoms with Gasteiger partial charge >= 0.3 is 5.97 Å². The first kappa shape index (κ1) is 43.8. The summed E-state index contributed by atoms with van der Waals surface area (Å²) in [4.78, 5) is 62.0. The number of nitrogens with one attached hydrogen (secondary N) is 1. The maximum atomic E-state index is 14.2. The van der Waals surface area contributed by atoms with Crippen LogP contribution in [0.1, 0.15) is 85.3 Å². The third-order valence-electron chi connectivity index (χ3n) is 13.6. The molecule has 2 bridgehead atoms. The average Bonchev–Trinajstić information content (AvgIpc) is 3.30. The van der Waals surface area contributed by atoms with E-state index in [-0.39, 0.29) is 65.9 Å². The Morgan fingerprint density at radius 1 is 0.825 bits per heavy atom. The molecule has 1 aromatic heterocycles. The molecule has 5 heterocycles. The maximum Gasteiger partial charge on any atom is 0.317 e. The van der Waals surface area contributed by atoms with E-state index in [0.717, 1.165) is 55.6 Å². The highest BCUT2D eigenvalue weighted by molar-refractivity contribution is 5.87. The summed E-state index contributed by atoms with van der Waals surface area (Å²) in [5, 5.41) is 21.8. The van der Waals surface area contributed by atoms with Crippen LogP contribution in [0.25, 0.3) is 10.9 Å². The van der Waals surface area contributed by atoms with E-state index >= 15 is 0 Å². The molecule has 4 aliphatic rings. The predicted octanol–water partition coefficient (Wildman–Crippen LogP) is 6.98. The summed E-state index contributed by atoms with van der Waals surface area (Å²) < 4.78 is 20.5. The molecule has 2 amide bonds. The van der Waals surface area contributed by atoms with Crippen molar-refractivity contribution in [1.29, 1.82) is 0 Å². The van der Waals surface area contributed by atoms with Crippen molar-refractivity contribution in [2.45, 2.75) is 88.4 Å².